The van der Waals surface area contributed by atoms with Crippen molar-refractivity contribution in [2.75, 3.05) is 0 Å². The van der Waals surface area contributed by atoms with E-state index in [2.05, 4.69) is 11.8 Å². The summed E-state index contributed by atoms with van der Waals surface area (Å²) < 4.78 is 26.3. The summed E-state index contributed by atoms with van der Waals surface area (Å²) in [5.74, 6) is 3.95. The summed E-state index contributed by atoms with van der Waals surface area (Å²) in [4.78, 5) is 0.132. The van der Waals surface area contributed by atoms with Gasteiger partial charge in [-0.25, -0.2) is 8.78 Å². The number of halogens is 2. The zero-order valence-corrected chi connectivity index (χ0v) is 11.5. The maximum Gasteiger partial charge on any atom is 0.185 e. The number of fused-ring (bicyclic) bond motifs is 1. The molecule has 20 heavy (non-hydrogen) atoms. The van der Waals surface area contributed by atoms with Crippen molar-refractivity contribution in [3.05, 3.63) is 69.4 Å². The van der Waals surface area contributed by atoms with Crippen molar-refractivity contribution in [3.8, 4) is 11.8 Å². The minimum absolute atomic E-state index is 0.132. The maximum atomic E-state index is 13.4. The van der Waals surface area contributed by atoms with Gasteiger partial charge in [-0.05, 0) is 35.2 Å². The summed E-state index contributed by atoms with van der Waals surface area (Å²) in [5.41, 5.74) is 1.99. The van der Waals surface area contributed by atoms with Gasteiger partial charge in [-0.3, -0.25) is 0 Å². The molecule has 0 saturated carbocycles. The van der Waals surface area contributed by atoms with Gasteiger partial charge in [-0.2, -0.15) is 0 Å². The zero-order valence-electron chi connectivity index (χ0n) is 10.7. The highest BCUT2D eigenvalue weighted by atomic mass is 32.1. The number of aryl methyl sites for hydroxylation is 1. The molecule has 0 radical (unpaired) electrons. The lowest BCUT2D eigenvalue weighted by atomic mass is 10.0. The Balaban J connectivity index is 2.13. The van der Waals surface area contributed by atoms with Gasteiger partial charge in [-0.1, -0.05) is 36.3 Å². The van der Waals surface area contributed by atoms with Crippen molar-refractivity contribution in [2.24, 2.45) is 0 Å². The molecular weight excluding hydrogens is 274 g/mol. The first-order valence-electron chi connectivity index (χ1n) is 6.09. The fraction of sp³-hybridized carbons (Fsp3) is 0.0588. The summed E-state index contributed by atoms with van der Waals surface area (Å²) in [6.45, 7) is 2.04. The highest BCUT2D eigenvalue weighted by Crippen LogP contribution is 2.22. The van der Waals surface area contributed by atoms with Crippen LogP contribution in [0, 0.1) is 30.4 Å². The number of hydrogen-bond acceptors (Lipinski definition) is 1. The minimum atomic E-state index is -0.862. The Hall–Kier alpha value is -2.18. The smallest absolute Gasteiger partial charge is 0.185 e. The molecule has 0 unspecified atom stereocenters. The molecule has 2 aromatic carbocycles. The van der Waals surface area contributed by atoms with Crippen molar-refractivity contribution < 1.29 is 8.78 Å². The van der Waals surface area contributed by atoms with Crippen LogP contribution in [0.5, 0.6) is 0 Å². The van der Waals surface area contributed by atoms with Crippen LogP contribution < -0.4 is 0 Å². The molecule has 1 heterocycles. The second kappa shape index (κ2) is 5.07. The molecule has 0 bridgehead atoms. The normalized spacial score (nSPS) is 10.3. The van der Waals surface area contributed by atoms with Gasteiger partial charge in [0.1, 0.15) is 4.88 Å². The first kappa shape index (κ1) is 12.8. The van der Waals surface area contributed by atoms with E-state index in [0.29, 0.717) is 0 Å². The van der Waals surface area contributed by atoms with E-state index < -0.39 is 11.6 Å². The predicted octanol–water partition coefficient (Wildman–Crippen LogP) is 4.89. The van der Waals surface area contributed by atoms with E-state index in [9.17, 15) is 8.78 Å². The van der Waals surface area contributed by atoms with Gasteiger partial charge >= 0.3 is 0 Å². The first-order valence-corrected chi connectivity index (χ1v) is 6.97. The van der Waals surface area contributed by atoms with Crippen molar-refractivity contribution in [1.29, 1.82) is 0 Å². The van der Waals surface area contributed by atoms with E-state index >= 15 is 0 Å². The number of hydrogen-bond donors (Lipinski definition) is 0. The molecule has 0 N–H and O–H groups in total. The van der Waals surface area contributed by atoms with Crippen LogP contribution in [0.25, 0.3) is 10.8 Å². The Morgan fingerprint density at radius 1 is 0.950 bits per heavy atom. The van der Waals surface area contributed by atoms with Gasteiger partial charge in [0, 0.05) is 10.9 Å². The van der Waals surface area contributed by atoms with Crippen molar-refractivity contribution >= 4 is 22.1 Å². The molecule has 0 saturated heterocycles. The van der Waals surface area contributed by atoms with Crippen LogP contribution in [0.1, 0.15) is 16.0 Å². The molecule has 0 spiro atoms. The zero-order chi connectivity index (χ0) is 14.1. The van der Waals surface area contributed by atoms with Gasteiger partial charge < -0.3 is 0 Å². The Kier molecular flexibility index (Phi) is 3.25. The summed E-state index contributed by atoms with van der Waals surface area (Å²) in [7, 11) is 0. The van der Waals surface area contributed by atoms with E-state index in [1.165, 1.54) is 5.56 Å². The Morgan fingerprint density at radius 3 is 2.40 bits per heavy atom. The molecule has 0 nitrogen and oxygen atoms in total. The van der Waals surface area contributed by atoms with Crippen molar-refractivity contribution in [3.63, 3.8) is 0 Å². The van der Waals surface area contributed by atoms with Crippen LogP contribution in [0.2, 0.25) is 0 Å². The molecule has 0 aliphatic rings. The SMILES string of the molecule is Cc1ccc(C#Cc2scc(F)c2F)c2ccccc12. The monoisotopic (exact) mass is 284 g/mol. The second-order valence-corrected chi connectivity index (χ2v) is 5.33. The third-order valence-electron chi connectivity index (χ3n) is 3.14. The Bertz CT molecular complexity index is 850. The molecule has 3 rings (SSSR count). The molecular formula is C17H10F2S. The fourth-order valence-electron chi connectivity index (χ4n) is 2.09. The van der Waals surface area contributed by atoms with Crippen LogP contribution >= 0.6 is 11.3 Å². The van der Waals surface area contributed by atoms with Crippen molar-refractivity contribution in [1.82, 2.24) is 0 Å². The lowest BCUT2D eigenvalue weighted by Crippen LogP contribution is -1.84. The average Bonchev–Trinajstić information content (AvgIpc) is 2.79. The molecule has 0 atom stereocenters. The molecule has 0 amide bonds. The number of rotatable bonds is 0. The summed E-state index contributed by atoms with van der Waals surface area (Å²) in [6, 6.07) is 11.8. The molecule has 1 aromatic heterocycles. The van der Waals surface area contributed by atoms with Crippen LogP contribution in [-0.4, -0.2) is 0 Å². The molecule has 0 aliphatic heterocycles. The lowest BCUT2D eigenvalue weighted by Gasteiger charge is -2.03. The van der Waals surface area contributed by atoms with Crippen LogP contribution in [0.3, 0.4) is 0 Å². The highest BCUT2D eigenvalue weighted by molar-refractivity contribution is 7.10. The molecule has 3 aromatic rings. The van der Waals surface area contributed by atoms with E-state index in [4.69, 9.17) is 0 Å². The molecule has 3 heteroatoms. The quantitative estimate of drug-likeness (QED) is 0.516. The lowest BCUT2D eigenvalue weighted by molar-refractivity contribution is 0.515. The average molecular weight is 284 g/mol. The number of thiophene rings is 1. The molecule has 98 valence electrons. The van der Waals surface area contributed by atoms with Gasteiger partial charge in [0.15, 0.2) is 11.6 Å². The fourth-order valence-corrected chi connectivity index (χ4v) is 2.73. The predicted molar refractivity (Wildman–Crippen MR) is 78.9 cm³/mol. The van der Waals surface area contributed by atoms with Gasteiger partial charge in [0.05, 0.1) is 0 Å². The summed E-state index contributed by atoms with van der Waals surface area (Å²) >= 11 is 0.980. The van der Waals surface area contributed by atoms with Crippen LogP contribution in [-0.2, 0) is 0 Å². The van der Waals surface area contributed by atoms with E-state index in [1.54, 1.807) is 0 Å². The molecule has 0 aliphatic carbocycles. The van der Waals surface area contributed by atoms with Gasteiger partial charge in [0.25, 0.3) is 0 Å². The Labute approximate surface area is 119 Å². The first-order chi connectivity index (χ1) is 9.66. The largest absolute Gasteiger partial charge is 0.203 e. The van der Waals surface area contributed by atoms with Gasteiger partial charge in [0.2, 0.25) is 0 Å². The second-order valence-electron chi connectivity index (χ2n) is 4.45. The maximum absolute atomic E-state index is 13.4. The standard InChI is InChI=1S/C17H10F2S/c1-11-6-7-12(14-5-3-2-4-13(11)14)8-9-16-17(19)15(18)10-20-16/h2-7,10H,1H3. The molecule has 0 fully saturated rings. The third kappa shape index (κ3) is 2.19. The minimum Gasteiger partial charge on any atom is -0.203 e. The third-order valence-corrected chi connectivity index (χ3v) is 3.98. The highest BCUT2D eigenvalue weighted by Gasteiger charge is 2.08. The van der Waals surface area contributed by atoms with E-state index in [1.807, 2.05) is 43.3 Å². The van der Waals surface area contributed by atoms with Gasteiger partial charge in [-0.15, -0.1) is 11.3 Å². The van der Waals surface area contributed by atoms with Crippen molar-refractivity contribution in [2.45, 2.75) is 6.92 Å². The number of benzene rings is 2. The van der Waals surface area contributed by atoms with Crippen LogP contribution in [0.15, 0.2) is 41.8 Å². The van der Waals surface area contributed by atoms with Crippen LogP contribution in [0.4, 0.5) is 8.78 Å². The summed E-state index contributed by atoms with van der Waals surface area (Å²) in [5, 5.41) is 3.28. The summed E-state index contributed by atoms with van der Waals surface area (Å²) in [6.07, 6.45) is 0. The topological polar surface area (TPSA) is 0 Å². The van der Waals surface area contributed by atoms with E-state index in [-0.39, 0.29) is 4.88 Å². The Morgan fingerprint density at radius 2 is 1.70 bits per heavy atom. The van der Waals surface area contributed by atoms with E-state index in [0.717, 1.165) is 33.1 Å².